The van der Waals surface area contributed by atoms with Gasteiger partial charge in [0.25, 0.3) is 0 Å². The molecule has 154 valence electrons. The number of halogens is 4. The van der Waals surface area contributed by atoms with E-state index >= 15 is 0 Å². The molecule has 0 aromatic heterocycles. The van der Waals surface area contributed by atoms with E-state index in [1.54, 1.807) is 6.07 Å². The van der Waals surface area contributed by atoms with Crippen LogP contribution in [0.4, 0.5) is 17.6 Å². The summed E-state index contributed by atoms with van der Waals surface area (Å²) in [6.45, 7) is 2.06. The lowest BCUT2D eigenvalue weighted by atomic mass is 9.74. The van der Waals surface area contributed by atoms with E-state index in [1.807, 2.05) is 0 Å². The van der Waals surface area contributed by atoms with Crippen molar-refractivity contribution in [1.29, 1.82) is 0 Å². The Kier molecular flexibility index (Phi) is 5.41. The molecule has 4 rings (SSSR count). The van der Waals surface area contributed by atoms with Gasteiger partial charge in [-0.05, 0) is 97.2 Å². The van der Waals surface area contributed by atoms with Gasteiger partial charge in [0.2, 0.25) is 0 Å². The summed E-state index contributed by atoms with van der Waals surface area (Å²) in [5.74, 6) is -1.02. The maximum Gasteiger partial charge on any atom is 0.573 e. The predicted octanol–water partition coefficient (Wildman–Crippen LogP) is 6.68. The molecule has 0 spiro atoms. The molecule has 0 amide bonds. The molecule has 2 aromatic rings. The van der Waals surface area contributed by atoms with Crippen LogP contribution in [-0.2, 0) is 25.7 Å². The van der Waals surface area contributed by atoms with Gasteiger partial charge < -0.3 is 4.74 Å². The van der Waals surface area contributed by atoms with Crippen LogP contribution in [-0.4, -0.2) is 6.36 Å². The van der Waals surface area contributed by atoms with Crippen LogP contribution < -0.4 is 4.74 Å². The molecular formula is C24H24F4O. The van der Waals surface area contributed by atoms with Crippen LogP contribution in [0.3, 0.4) is 0 Å². The quantitative estimate of drug-likeness (QED) is 0.410. The minimum absolute atomic E-state index is 0.106. The lowest BCUT2D eigenvalue weighted by Crippen LogP contribution is -2.20. The molecule has 2 aliphatic rings. The van der Waals surface area contributed by atoms with E-state index in [4.69, 9.17) is 0 Å². The summed E-state index contributed by atoms with van der Waals surface area (Å²) in [5, 5.41) is 0. The Morgan fingerprint density at radius 1 is 0.966 bits per heavy atom. The van der Waals surface area contributed by atoms with Gasteiger partial charge in [-0.3, -0.25) is 0 Å². The third kappa shape index (κ3) is 4.34. The molecule has 0 fully saturated rings. The van der Waals surface area contributed by atoms with Gasteiger partial charge in [-0.2, -0.15) is 0 Å². The van der Waals surface area contributed by atoms with E-state index in [2.05, 4.69) is 35.9 Å². The fourth-order valence-electron chi connectivity index (χ4n) is 4.90. The van der Waals surface area contributed by atoms with Gasteiger partial charge in [0, 0.05) is 0 Å². The standard InChI is InChI=1S/C24H24F4O/c1-2-3-15-4-9-20-18(12-15)5-6-19-13-16(7-10-21(19)20)17-8-11-23(22(25)14-17)29-24(26,27)28/h2-3,5-6,8,11,14-16H,4,7,9-10,12-13H2,1H3/b3-2+. The summed E-state index contributed by atoms with van der Waals surface area (Å²) in [6.07, 6.45) is 5.47. The normalized spacial score (nSPS) is 21.7. The number of benzene rings is 2. The van der Waals surface area contributed by atoms with Crippen LogP contribution in [0.2, 0.25) is 0 Å². The molecule has 2 aromatic carbocycles. The average Bonchev–Trinajstić information content (AvgIpc) is 2.68. The second-order valence-electron chi connectivity index (χ2n) is 8.05. The Morgan fingerprint density at radius 2 is 1.66 bits per heavy atom. The fourth-order valence-corrected chi connectivity index (χ4v) is 4.90. The minimum Gasteiger partial charge on any atom is -0.403 e. The van der Waals surface area contributed by atoms with Gasteiger partial charge in [0.05, 0.1) is 0 Å². The second-order valence-corrected chi connectivity index (χ2v) is 8.05. The zero-order valence-corrected chi connectivity index (χ0v) is 16.4. The first-order valence-electron chi connectivity index (χ1n) is 10.1. The first-order valence-corrected chi connectivity index (χ1v) is 10.1. The van der Waals surface area contributed by atoms with Crippen molar-refractivity contribution in [3.63, 3.8) is 0 Å². The van der Waals surface area contributed by atoms with Gasteiger partial charge >= 0.3 is 6.36 Å². The number of allylic oxidation sites excluding steroid dienone is 2. The van der Waals surface area contributed by atoms with E-state index in [1.165, 1.54) is 34.7 Å². The van der Waals surface area contributed by atoms with Crippen molar-refractivity contribution in [1.82, 2.24) is 0 Å². The van der Waals surface area contributed by atoms with Crippen molar-refractivity contribution in [3.05, 3.63) is 76.1 Å². The van der Waals surface area contributed by atoms with Gasteiger partial charge in [-0.15, -0.1) is 13.2 Å². The Labute approximate surface area is 168 Å². The molecule has 0 N–H and O–H groups in total. The van der Waals surface area contributed by atoms with Crippen LogP contribution in [0.25, 0.3) is 0 Å². The van der Waals surface area contributed by atoms with Crippen LogP contribution >= 0.6 is 0 Å². The smallest absolute Gasteiger partial charge is 0.403 e. The summed E-state index contributed by atoms with van der Waals surface area (Å²) >= 11 is 0. The molecule has 0 radical (unpaired) electrons. The molecule has 0 saturated carbocycles. The molecule has 0 bridgehead atoms. The summed E-state index contributed by atoms with van der Waals surface area (Å²) in [5.41, 5.74) is 6.39. The highest BCUT2D eigenvalue weighted by atomic mass is 19.4. The monoisotopic (exact) mass is 404 g/mol. The lowest BCUT2D eigenvalue weighted by molar-refractivity contribution is -0.275. The van der Waals surface area contributed by atoms with Crippen LogP contribution in [0, 0.1) is 11.7 Å². The molecule has 2 unspecified atom stereocenters. The van der Waals surface area contributed by atoms with E-state index in [0.717, 1.165) is 43.7 Å². The van der Waals surface area contributed by atoms with Crippen molar-refractivity contribution in [2.45, 2.75) is 57.7 Å². The third-order valence-corrected chi connectivity index (χ3v) is 6.20. The summed E-state index contributed by atoms with van der Waals surface area (Å²) < 4.78 is 54.9. The van der Waals surface area contributed by atoms with Crippen molar-refractivity contribution < 1.29 is 22.3 Å². The van der Waals surface area contributed by atoms with Crippen molar-refractivity contribution >= 4 is 0 Å². The van der Waals surface area contributed by atoms with Crippen LogP contribution in [0.1, 0.15) is 53.5 Å². The largest absolute Gasteiger partial charge is 0.573 e. The fraction of sp³-hybridized carbons (Fsp3) is 0.417. The summed E-state index contributed by atoms with van der Waals surface area (Å²) in [4.78, 5) is 0. The van der Waals surface area contributed by atoms with E-state index in [0.29, 0.717) is 5.92 Å². The number of ether oxygens (including phenoxy) is 1. The highest BCUT2D eigenvalue weighted by Crippen LogP contribution is 2.39. The first-order chi connectivity index (χ1) is 13.8. The number of fused-ring (bicyclic) bond motifs is 3. The zero-order chi connectivity index (χ0) is 20.6. The Bertz CT molecular complexity index is 929. The third-order valence-electron chi connectivity index (χ3n) is 6.20. The summed E-state index contributed by atoms with van der Waals surface area (Å²) in [7, 11) is 0. The van der Waals surface area contributed by atoms with E-state index in [-0.39, 0.29) is 5.92 Å². The lowest BCUT2D eigenvalue weighted by Gasteiger charge is -2.31. The molecule has 29 heavy (non-hydrogen) atoms. The molecule has 2 aliphatic carbocycles. The predicted molar refractivity (Wildman–Crippen MR) is 105 cm³/mol. The number of rotatable bonds is 3. The number of alkyl halides is 3. The van der Waals surface area contributed by atoms with Crippen LogP contribution in [0.15, 0.2) is 42.5 Å². The Balaban J connectivity index is 1.53. The van der Waals surface area contributed by atoms with E-state index < -0.39 is 17.9 Å². The molecule has 0 saturated heterocycles. The van der Waals surface area contributed by atoms with Gasteiger partial charge in [0.15, 0.2) is 11.6 Å². The minimum atomic E-state index is -4.89. The van der Waals surface area contributed by atoms with Crippen LogP contribution in [0.5, 0.6) is 5.75 Å². The van der Waals surface area contributed by atoms with E-state index in [9.17, 15) is 17.6 Å². The molecule has 0 heterocycles. The highest BCUT2D eigenvalue weighted by molar-refractivity contribution is 5.46. The topological polar surface area (TPSA) is 9.23 Å². The molecule has 0 aliphatic heterocycles. The SMILES string of the molecule is C/C=C/C1CCc2c(ccc3c2CCC(c2ccc(OC(F)(F)F)c(F)c2)C3)C1. The second kappa shape index (κ2) is 7.85. The maximum absolute atomic E-state index is 14.1. The van der Waals surface area contributed by atoms with Crippen molar-refractivity contribution in [2.24, 2.45) is 5.92 Å². The van der Waals surface area contributed by atoms with Gasteiger partial charge in [0.1, 0.15) is 0 Å². The first kappa shape index (κ1) is 20.0. The Hall–Kier alpha value is -2.30. The average molecular weight is 404 g/mol. The van der Waals surface area contributed by atoms with Crippen molar-refractivity contribution in [2.75, 3.05) is 0 Å². The zero-order valence-electron chi connectivity index (χ0n) is 16.4. The number of hydrogen-bond donors (Lipinski definition) is 0. The molecule has 2 atom stereocenters. The van der Waals surface area contributed by atoms with Crippen molar-refractivity contribution in [3.8, 4) is 5.75 Å². The molecule has 1 nitrogen and oxygen atoms in total. The van der Waals surface area contributed by atoms with Gasteiger partial charge in [-0.1, -0.05) is 30.4 Å². The van der Waals surface area contributed by atoms with Gasteiger partial charge in [-0.25, -0.2) is 4.39 Å². The highest BCUT2D eigenvalue weighted by Gasteiger charge is 2.33. The summed E-state index contributed by atoms with van der Waals surface area (Å²) in [6, 6.07) is 8.25. The molecule has 5 heteroatoms. The Morgan fingerprint density at radius 3 is 2.31 bits per heavy atom. The molecular weight excluding hydrogens is 380 g/mol. The maximum atomic E-state index is 14.1. The number of hydrogen-bond acceptors (Lipinski definition) is 1.